The van der Waals surface area contributed by atoms with Crippen molar-refractivity contribution in [2.75, 3.05) is 18.9 Å². The van der Waals surface area contributed by atoms with Crippen molar-refractivity contribution in [3.63, 3.8) is 0 Å². The monoisotopic (exact) mass is 289 g/mol. The van der Waals surface area contributed by atoms with E-state index in [1.807, 2.05) is 24.1 Å². The lowest BCUT2D eigenvalue weighted by atomic mass is 9.77. The molecule has 116 valence electrons. The van der Waals surface area contributed by atoms with Crippen LogP contribution in [0.25, 0.3) is 0 Å². The van der Waals surface area contributed by atoms with Gasteiger partial charge in [0.25, 0.3) is 0 Å². The summed E-state index contributed by atoms with van der Waals surface area (Å²) in [6.45, 7) is 8.28. The Morgan fingerprint density at radius 1 is 1.38 bits per heavy atom. The molecule has 0 saturated carbocycles. The van der Waals surface area contributed by atoms with E-state index in [9.17, 15) is 4.79 Å². The van der Waals surface area contributed by atoms with Crippen LogP contribution in [-0.4, -0.2) is 29.4 Å². The number of pyridine rings is 1. The fourth-order valence-corrected chi connectivity index (χ4v) is 2.99. The second-order valence-corrected chi connectivity index (χ2v) is 6.99. The van der Waals surface area contributed by atoms with Crippen molar-refractivity contribution in [3.05, 3.63) is 24.0 Å². The number of anilines is 1. The second-order valence-electron chi connectivity index (χ2n) is 6.99. The van der Waals surface area contributed by atoms with Crippen LogP contribution >= 0.6 is 0 Å². The van der Waals surface area contributed by atoms with Crippen LogP contribution < -0.4 is 5.32 Å². The maximum absolute atomic E-state index is 12.3. The van der Waals surface area contributed by atoms with Crippen molar-refractivity contribution < 1.29 is 4.79 Å². The summed E-state index contributed by atoms with van der Waals surface area (Å²) >= 11 is 0. The normalized spacial score (nSPS) is 20.3. The van der Waals surface area contributed by atoms with Crippen LogP contribution in [0.5, 0.6) is 0 Å². The van der Waals surface area contributed by atoms with Crippen molar-refractivity contribution in [1.82, 2.24) is 9.88 Å². The van der Waals surface area contributed by atoms with Crippen molar-refractivity contribution in [2.24, 2.45) is 11.3 Å². The van der Waals surface area contributed by atoms with Gasteiger partial charge in [-0.15, -0.1) is 0 Å². The number of aromatic nitrogens is 1. The minimum absolute atomic E-state index is 0.262. The Morgan fingerprint density at radius 2 is 2.14 bits per heavy atom. The SMILES string of the molecule is CNc1ccnc(CN2CCC(C(C)(C)C)CCC2=O)c1. The Bertz CT molecular complexity index is 493. The first-order valence-corrected chi connectivity index (χ1v) is 7.80. The number of carbonyl (C=O) groups is 1. The second kappa shape index (κ2) is 6.46. The molecule has 0 spiro atoms. The molecule has 1 saturated heterocycles. The molecule has 1 aliphatic rings. The van der Waals surface area contributed by atoms with Gasteiger partial charge in [0.05, 0.1) is 12.2 Å². The highest BCUT2D eigenvalue weighted by molar-refractivity contribution is 5.76. The standard InChI is InChI=1S/C17H27N3O/c1-17(2,3)13-5-6-16(21)20(10-8-13)12-15-11-14(18-4)7-9-19-15/h7,9,11,13H,5-6,8,10,12H2,1-4H3,(H,18,19). The molecule has 0 aromatic carbocycles. The van der Waals surface area contributed by atoms with E-state index in [0.29, 0.717) is 18.9 Å². The molecule has 2 heterocycles. The first kappa shape index (κ1) is 15.8. The summed E-state index contributed by atoms with van der Waals surface area (Å²) in [6, 6.07) is 3.95. The van der Waals surface area contributed by atoms with Crippen LogP contribution in [0.15, 0.2) is 18.3 Å². The van der Waals surface area contributed by atoms with E-state index in [2.05, 4.69) is 31.1 Å². The van der Waals surface area contributed by atoms with Crippen LogP contribution in [0.2, 0.25) is 0 Å². The van der Waals surface area contributed by atoms with E-state index in [1.165, 1.54) is 0 Å². The van der Waals surface area contributed by atoms with Gasteiger partial charge in [-0.25, -0.2) is 0 Å². The highest BCUT2D eigenvalue weighted by Crippen LogP contribution is 2.34. The van der Waals surface area contributed by atoms with Gasteiger partial charge in [-0.3, -0.25) is 9.78 Å². The third kappa shape index (κ3) is 4.19. The molecule has 1 unspecified atom stereocenters. The van der Waals surface area contributed by atoms with E-state index >= 15 is 0 Å². The van der Waals surface area contributed by atoms with Crippen LogP contribution in [0.3, 0.4) is 0 Å². The third-order valence-corrected chi connectivity index (χ3v) is 4.49. The van der Waals surface area contributed by atoms with Crippen molar-refractivity contribution >= 4 is 11.6 Å². The molecule has 1 fully saturated rings. The minimum Gasteiger partial charge on any atom is -0.388 e. The Morgan fingerprint density at radius 3 is 2.81 bits per heavy atom. The quantitative estimate of drug-likeness (QED) is 0.928. The van der Waals surface area contributed by atoms with Gasteiger partial charge in [0, 0.05) is 31.9 Å². The molecule has 4 nitrogen and oxygen atoms in total. The highest BCUT2D eigenvalue weighted by Gasteiger charge is 2.29. The average Bonchev–Trinajstić information content (AvgIpc) is 2.62. The molecule has 4 heteroatoms. The molecule has 0 bridgehead atoms. The Kier molecular flexibility index (Phi) is 4.86. The molecule has 0 aliphatic carbocycles. The molecule has 1 N–H and O–H groups in total. The van der Waals surface area contributed by atoms with Gasteiger partial charge in [0.1, 0.15) is 0 Å². The summed E-state index contributed by atoms with van der Waals surface area (Å²) in [5, 5.41) is 3.11. The number of amides is 1. The smallest absolute Gasteiger partial charge is 0.222 e. The molecule has 0 radical (unpaired) electrons. The lowest BCUT2D eigenvalue weighted by molar-refractivity contribution is -0.131. The summed E-state index contributed by atoms with van der Waals surface area (Å²) in [5.74, 6) is 0.876. The van der Waals surface area contributed by atoms with Gasteiger partial charge in [0.2, 0.25) is 5.91 Å². The minimum atomic E-state index is 0.262. The third-order valence-electron chi connectivity index (χ3n) is 4.49. The molecule has 21 heavy (non-hydrogen) atoms. The van der Waals surface area contributed by atoms with Crippen LogP contribution in [0.1, 0.15) is 45.7 Å². The van der Waals surface area contributed by atoms with E-state index < -0.39 is 0 Å². The average molecular weight is 289 g/mol. The predicted molar refractivity (Wildman–Crippen MR) is 86.0 cm³/mol. The highest BCUT2D eigenvalue weighted by atomic mass is 16.2. The maximum atomic E-state index is 12.3. The summed E-state index contributed by atoms with van der Waals surface area (Å²) < 4.78 is 0. The Labute approximate surface area is 127 Å². The zero-order chi connectivity index (χ0) is 15.5. The van der Waals surface area contributed by atoms with Gasteiger partial charge in [-0.2, -0.15) is 0 Å². The summed E-state index contributed by atoms with van der Waals surface area (Å²) in [4.78, 5) is 18.7. The van der Waals surface area contributed by atoms with Crippen molar-refractivity contribution in [3.8, 4) is 0 Å². The summed E-state index contributed by atoms with van der Waals surface area (Å²) in [6.07, 6.45) is 4.54. The molecule has 1 aromatic rings. The van der Waals surface area contributed by atoms with Gasteiger partial charge in [-0.1, -0.05) is 20.8 Å². The Hall–Kier alpha value is -1.58. The number of hydrogen-bond donors (Lipinski definition) is 1. The number of rotatable bonds is 3. The van der Waals surface area contributed by atoms with E-state index in [0.717, 1.165) is 30.8 Å². The molecule has 2 rings (SSSR count). The van der Waals surface area contributed by atoms with Gasteiger partial charge in [-0.05, 0) is 36.3 Å². The Balaban J connectivity index is 2.04. The van der Waals surface area contributed by atoms with Crippen molar-refractivity contribution in [2.45, 2.75) is 46.6 Å². The van der Waals surface area contributed by atoms with Gasteiger partial charge >= 0.3 is 0 Å². The van der Waals surface area contributed by atoms with Crippen LogP contribution in [0, 0.1) is 11.3 Å². The van der Waals surface area contributed by atoms with Gasteiger partial charge < -0.3 is 10.2 Å². The van der Waals surface area contributed by atoms with E-state index in [1.54, 1.807) is 6.20 Å². The lowest BCUT2D eigenvalue weighted by Gasteiger charge is -2.29. The molecular formula is C17H27N3O. The molecule has 1 atom stereocenters. The maximum Gasteiger partial charge on any atom is 0.222 e. The lowest BCUT2D eigenvalue weighted by Crippen LogP contribution is -2.30. The number of hydrogen-bond acceptors (Lipinski definition) is 3. The van der Waals surface area contributed by atoms with E-state index in [-0.39, 0.29) is 11.3 Å². The first-order chi connectivity index (χ1) is 9.90. The molecular weight excluding hydrogens is 262 g/mol. The molecule has 1 aromatic heterocycles. The summed E-state index contributed by atoms with van der Waals surface area (Å²) in [5.41, 5.74) is 2.26. The topological polar surface area (TPSA) is 45.2 Å². The first-order valence-electron chi connectivity index (χ1n) is 7.80. The number of nitrogens with one attached hydrogen (secondary N) is 1. The van der Waals surface area contributed by atoms with Crippen LogP contribution in [0.4, 0.5) is 5.69 Å². The zero-order valence-corrected chi connectivity index (χ0v) is 13.6. The molecule has 1 aliphatic heterocycles. The number of nitrogens with zero attached hydrogens (tertiary/aromatic N) is 2. The van der Waals surface area contributed by atoms with Crippen LogP contribution in [-0.2, 0) is 11.3 Å². The van der Waals surface area contributed by atoms with Crippen molar-refractivity contribution in [1.29, 1.82) is 0 Å². The largest absolute Gasteiger partial charge is 0.388 e. The zero-order valence-electron chi connectivity index (χ0n) is 13.6. The fourth-order valence-electron chi connectivity index (χ4n) is 2.99. The fraction of sp³-hybridized carbons (Fsp3) is 0.647. The number of carbonyl (C=O) groups excluding carboxylic acids is 1. The van der Waals surface area contributed by atoms with E-state index in [4.69, 9.17) is 0 Å². The summed E-state index contributed by atoms with van der Waals surface area (Å²) in [7, 11) is 1.89. The number of likely N-dealkylation sites (tertiary alicyclic amines) is 1. The van der Waals surface area contributed by atoms with Gasteiger partial charge in [0.15, 0.2) is 0 Å². The predicted octanol–water partition coefficient (Wildman–Crippen LogP) is 3.30. The molecule has 1 amide bonds.